The molecule has 1 aromatic rings. The summed E-state index contributed by atoms with van der Waals surface area (Å²) in [5.74, 6) is -0.918. The van der Waals surface area contributed by atoms with Crippen LogP contribution in [0.25, 0.3) is 0 Å². The van der Waals surface area contributed by atoms with Gasteiger partial charge in [0.15, 0.2) is 0 Å². The van der Waals surface area contributed by atoms with Crippen LogP contribution in [-0.4, -0.2) is 23.7 Å². The largest absolute Gasteiger partial charge is 0.481 e. The first-order valence-corrected chi connectivity index (χ1v) is 6.23. The van der Waals surface area contributed by atoms with E-state index in [1.807, 2.05) is 24.3 Å². The van der Waals surface area contributed by atoms with Crippen LogP contribution in [0.2, 0.25) is 5.02 Å². The molecule has 92 valence electrons. The zero-order valence-electron chi connectivity index (χ0n) is 9.53. The van der Waals surface area contributed by atoms with Crippen LogP contribution in [-0.2, 0) is 11.2 Å². The van der Waals surface area contributed by atoms with Crippen LogP contribution in [0, 0.1) is 5.92 Å². The minimum Gasteiger partial charge on any atom is -0.481 e. The molecule has 1 saturated heterocycles. The van der Waals surface area contributed by atoms with E-state index in [0.29, 0.717) is 12.6 Å². The van der Waals surface area contributed by atoms with Crippen LogP contribution in [0.4, 0.5) is 0 Å². The molecule has 0 spiro atoms. The first-order chi connectivity index (χ1) is 8.15. The molecule has 3 nitrogen and oxygen atoms in total. The molecule has 2 atom stereocenters. The van der Waals surface area contributed by atoms with Crippen molar-refractivity contribution in [3.05, 3.63) is 34.9 Å². The highest BCUT2D eigenvalue weighted by Gasteiger charge is 2.25. The van der Waals surface area contributed by atoms with Crippen molar-refractivity contribution in [2.24, 2.45) is 5.92 Å². The zero-order chi connectivity index (χ0) is 12.3. The van der Waals surface area contributed by atoms with E-state index in [4.69, 9.17) is 16.7 Å². The van der Waals surface area contributed by atoms with E-state index >= 15 is 0 Å². The van der Waals surface area contributed by atoms with Crippen molar-refractivity contribution >= 4 is 17.6 Å². The lowest BCUT2D eigenvalue weighted by molar-refractivity contribution is -0.142. The van der Waals surface area contributed by atoms with Crippen LogP contribution in [0.5, 0.6) is 0 Å². The molecular weight excluding hydrogens is 238 g/mol. The number of carboxylic acid groups (broad SMARTS) is 1. The molecule has 17 heavy (non-hydrogen) atoms. The highest BCUT2D eigenvalue weighted by molar-refractivity contribution is 6.30. The smallest absolute Gasteiger partial charge is 0.307 e. The molecule has 1 aromatic carbocycles. The van der Waals surface area contributed by atoms with Crippen molar-refractivity contribution in [2.75, 3.05) is 6.54 Å². The van der Waals surface area contributed by atoms with Gasteiger partial charge in [0, 0.05) is 17.6 Å². The summed E-state index contributed by atoms with van der Waals surface area (Å²) in [6.07, 6.45) is 2.61. The highest BCUT2D eigenvalue weighted by Crippen LogP contribution is 2.18. The number of halogens is 1. The van der Waals surface area contributed by atoms with Crippen LogP contribution in [0.15, 0.2) is 24.3 Å². The monoisotopic (exact) mass is 253 g/mol. The van der Waals surface area contributed by atoms with Crippen molar-refractivity contribution in [3.63, 3.8) is 0 Å². The predicted molar refractivity (Wildman–Crippen MR) is 67.3 cm³/mol. The van der Waals surface area contributed by atoms with Crippen LogP contribution in [0.1, 0.15) is 18.4 Å². The van der Waals surface area contributed by atoms with E-state index in [1.54, 1.807) is 0 Å². The summed E-state index contributed by atoms with van der Waals surface area (Å²) < 4.78 is 0. The van der Waals surface area contributed by atoms with Crippen molar-refractivity contribution in [3.8, 4) is 0 Å². The lowest BCUT2D eigenvalue weighted by atomic mass is 9.91. The van der Waals surface area contributed by atoms with E-state index in [-0.39, 0.29) is 5.92 Å². The van der Waals surface area contributed by atoms with Gasteiger partial charge in [0.05, 0.1) is 5.92 Å². The van der Waals surface area contributed by atoms with Crippen LogP contribution >= 0.6 is 11.6 Å². The van der Waals surface area contributed by atoms with Gasteiger partial charge < -0.3 is 10.4 Å². The number of nitrogens with one attached hydrogen (secondary N) is 1. The SMILES string of the molecule is O=C(O)C1CC[C@H](Cc2ccc(Cl)cc2)NC1. The molecule has 1 unspecified atom stereocenters. The number of aliphatic carboxylic acids is 1. The fourth-order valence-corrected chi connectivity index (χ4v) is 2.33. The van der Waals surface area contributed by atoms with Crippen molar-refractivity contribution in [1.82, 2.24) is 5.32 Å². The van der Waals surface area contributed by atoms with Crippen LogP contribution < -0.4 is 5.32 Å². The van der Waals surface area contributed by atoms with E-state index in [0.717, 1.165) is 24.3 Å². The van der Waals surface area contributed by atoms with E-state index in [2.05, 4.69) is 5.32 Å². The summed E-state index contributed by atoms with van der Waals surface area (Å²) in [5.41, 5.74) is 1.24. The standard InChI is InChI=1S/C13H16ClNO2/c14-11-4-1-9(2-5-11)7-12-6-3-10(8-15-12)13(16)17/h1-2,4-5,10,12,15H,3,6-8H2,(H,16,17)/t10?,12-/m1/s1. The van der Waals surface area contributed by atoms with E-state index < -0.39 is 5.97 Å². The summed E-state index contributed by atoms with van der Waals surface area (Å²) in [6, 6.07) is 8.20. The molecule has 0 saturated carbocycles. The third kappa shape index (κ3) is 3.45. The predicted octanol–water partition coefficient (Wildman–Crippen LogP) is 2.34. The highest BCUT2D eigenvalue weighted by atomic mass is 35.5. The molecule has 4 heteroatoms. The first kappa shape index (κ1) is 12.4. The number of carboxylic acids is 1. The van der Waals surface area contributed by atoms with Gasteiger partial charge in [0.25, 0.3) is 0 Å². The number of benzene rings is 1. The summed E-state index contributed by atoms with van der Waals surface area (Å²) in [4.78, 5) is 10.8. The maximum atomic E-state index is 10.8. The average Bonchev–Trinajstić information content (AvgIpc) is 2.33. The second-order valence-electron chi connectivity index (χ2n) is 4.55. The summed E-state index contributed by atoms with van der Waals surface area (Å²) in [7, 11) is 0. The fourth-order valence-electron chi connectivity index (χ4n) is 2.21. The summed E-state index contributed by atoms with van der Waals surface area (Å²) in [5, 5.41) is 12.9. The number of carbonyl (C=O) groups is 1. The Balaban J connectivity index is 1.85. The minimum atomic E-state index is -0.692. The maximum absolute atomic E-state index is 10.8. The molecule has 0 bridgehead atoms. The van der Waals surface area contributed by atoms with Gasteiger partial charge in [0.1, 0.15) is 0 Å². The minimum absolute atomic E-state index is 0.225. The number of hydrogen-bond donors (Lipinski definition) is 2. The molecule has 0 radical (unpaired) electrons. The first-order valence-electron chi connectivity index (χ1n) is 5.86. The quantitative estimate of drug-likeness (QED) is 0.869. The van der Waals surface area contributed by atoms with Gasteiger partial charge in [-0.15, -0.1) is 0 Å². The van der Waals surface area contributed by atoms with Crippen molar-refractivity contribution in [1.29, 1.82) is 0 Å². The van der Waals surface area contributed by atoms with Gasteiger partial charge in [-0.1, -0.05) is 23.7 Å². The van der Waals surface area contributed by atoms with Gasteiger partial charge in [-0.05, 0) is 37.0 Å². The number of hydrogen-bond acceptors (Lipinski definition) is 2. The number of rotatable bonds is 3. The summed E-state index contributed by atoms with van der Waals surface area (Å²) >= 11 is 5.83. The Morgan fingerprint density at radius 2 is 2.06 bits per heavy atom. The molecule has 2 N–H and O–H groups in total. The maximum Gasteiger partial charge on any atom is 0.307 e. The van der Waals surface area contributed by atoms with Crippen molar-refractivity contribution in [2.45, 2.75) is 25.3 Å². The third-order valence-corrected chi connectivity index (χ3v) is 3.51. The molecule has 2 rings (SSSR count). The Hall–Kier alpha value is -1.06. The lowest BCUT2D eigenvalue weighted by Crippen LogP contribution is -2.42. The second-order valence-corrected chi connectivity index (χ2v) is 4.98. The Morgan fingerprint density at radius 3 is 2.59 bits per heavy atom. The third-order valence-electron chi connectivity index (χ3n) is 3.26. The Morgan fingerprint density at radius 1 is 1.35 bits per heavy atom. The van der Waals surface area contributed by atoms with Gasteiger partial charge in [-0.25, -0.2) is 0 Å². The number of piperidine rings is 1. The Bertz CT molecular complexity index is 383. The van der Waals surface area contributed by atoms with Gasteiger partial charge >= 0.3 is 5.97 Å². The molecule has 0 amide bonds. The molecular formula is C13H16ClNO2. The molecule has 1 aliphatic heterocycles. The topological polar surface area (TPSA) is 49.3 Å². The molecule has 0 aliphatic carbocycles. The Kier molecular flexibility index (Phi) is 4.02. The fraction of sp³-hybridized carbons (Fsp3) is 0.462. The normalized spacial score (nSPS) is 24.5. The summed E-state index contributed by atoms with van der Waals surface area (Å²) in [6.45, 7) is 0.577. The average molecular weight is 254 g/mol. The lowest BCUT2D eigenvalue weighted by Gasteiger charge is -2.27. The van der Waals surface area contributed by atoms with Gasteiger partial charge in [0.2, 0.25) is 0 Å². The van der Waals surface area contributed by atoms with Gasteiger partial charge in [-0.2, -0.15) is 0 Å². The zero-order valence-corrected chi connectivity index (χ0v) is 10.3. The molecule has 1 heterocycles. The van der Waals surface area contributed by atoms with Gasteiger partial charge in [-0.3, -0.25) is 4.79 Å². The Labute approximate surface area is 106 Å². The van der Waals surface area contributed by atoms with E-state index in [1.165, 1.54) is 5.56 Å². The van der Waals surface area contributed by atoms with E-state index in [9.17, 15) is 4.79 Å². The second kappa shape index (κ2) is 5.52. The van der Waals surface area contributed by atoms with Crippen LogP contribution in [0.3, 0.4) is 0 Å². The molecule has 0 aromatic heterocycles. The molecule has 1 fully saturated rings. The van der Waals surface area contributed by atoms with Crippen molar-refractivity contribution < 1.29 is 9.90 Å². The molecule has 1 aliphatic rings.